The smallest absolute Gasteiger partial charge is 0.0603 e. The van der Waals surface area contributed by atoms with Crippen LogP contribution in [0.2, 0.25) is 15.1 Å². The van der Waals surface area contributed by atoms with Crippen LogP contribution in [-0.2, 0) is 0 Å². The summed E-state index contributed by atoms with van der Waals surface area (Å²) in [6.45, 7) is 4.06. The third-order valence-corrected chi connectivity index (χ3v) is 5.14. The Morgan fingerprint density at radius 3 is 2.48 bits per heavy atom. The maximum Gasteiger partial charge on any atom is 0.0603 e. The number of rotatable bonds is 3. The molecule has 1 heterocycles. The number of hydrogen-bond donors (Lipinski definition) is 1. The van der Waals surface area contributed by atoms with Gasteiger partial charge in [0, 0.05) is 24.7 Å². The van der Waals surface area contributed by atoms with Crippen LogP contribution in [0.4, 0.5) is 0 Å². The second-order valence-corrected chi connectivity index (χ2v) is 7.02. The van der Waals surface area contributed by atoms with Crippen molar-refractivity contribution >= 4 is 34.8 Å². The molecule has 122 valence electrons. The maximum absolute atomic E-state index is 6.26. The first-order chi connectivity index (χ1) is 11.1. The normalized spacial score (nSPS) is 17.7. The summed E-state index contributed by atoms with van der Waals surface area (Å²) in [6, 6.07) is 14.1. The molecular formula is C18H19Cl3N2. The number of nitrogens with zero attached hydrogens (tertiary/aromatic N) is 1. The van der Waals surface area contributed by atoms with Gasteiger partial charge in [0.2, 0.25) is 0 Å². The zero-order valence-electron chi connectivity index (χ0n) is 12.7. The van der Waals surface area contributed by atoms with E-state index in [9.17, 15) is 0 Å². The molecule has 0 spiro atoms. The topological polar surface area (TPSA) is 15.3 Å². The van der Waals surface area contributed by atoms with E-state index in [-0.39, 0.29) is 6.04 Å². The molecule has 0 bridgehead atoms. The molecule has 2 aromatic carbocycles. The molecule has 2 aromatic rings. The lowest BCUT2D eigenvalue weighted by molar-refractivity contribution is 0.241. The Kier molecular flexibility index (Phi) is 5.84. The van der Waals surface area contributed by atoms with Crippen LogP contribution in [0.25, 0.3) is 0 Å². The third kappa shape index (κ3) is 4.20. The fraction of sp³-hybridized carbons (Fsp3) is 0.333. The monoisotopic (exact) mass is 368 g/mol. The Morgan fingerprint density at radius 2 is 1.70 bits per heavy atom. The fourth-order valence-corrected chi connectivity index (χ4v) is 3.60. The summed E-state index contributed by atoms with van der Waals surface area (Å²) in [7, 11) is 0. The van der Waals surface area contributed by atoms with Crippen molar-refractivity contribution in [2.24, 2.45) is 0 Å². The minimum atomic E-state index is 0.128. The standard InChI is InChI=1S/C18H19Cl3N2/c19-15-4-1-3-13(11-15)18(23-9-2-7-22-8-10-23)14-5-6-16(20)17(21)12-14/h1,3-6,11-12,18,22H,2,7-10H2. The third-order valence-electron chi connectivity index (χ3n) is 4.16. The highest BCUT2D eigenvalue weighted by atomic mass is 35.5. The molecule has 0 radical (unpaired) electrons. The first-order valence-corrected chi connectivity index (χ1v) is 8.94. The molecule has 1 aliphatic rings. The molecule has 1 atom stereocenters. The molecule has 0 saturated carbocycles. The van der Waals surface area contributed by atoms with E-state index in [1.54, 1.807) is 0 Å². The van der Waals surface area contributed by atoms with Crippen molar-refractivity contribution in [2.75, 3.05) is 26.2 Å². The van der Waals surface area contributed by atoms with Crippen LogP contribution in [0.1, 0.15) is 23.6 Å². The lowest BCUT2D eigenvalue weighted by Crippen LogP contribution is -2.33. The molecule has 1 fully saturated rings. The van der Waals surface area contributed by atoms with Gasteiger partial charge in [0.05, 0.1) is 16.1 Å². The molecule has 5 heteroatoms. The molecule has 1 N–H and O–H groups in total. The van der Waals surface area contributed by atoms with E-state index in [0.717, 1.165) is 43.2 Å². The molecule has 1 saturated heterocycles. The molecule has 1 unspecified atom stereocenters. The van der Waals surface area contributed by atoms with Crippen LogP contribution in [-0.4, -0.2) is 31.1 Å². The average molecular weight is 370 g/mol. The first kappa shape index (κ1) is 17.1. The summed E-state index contributed by atoms with van der Waals surface area (Å²) in [5.74, 6) is 0. The van der Waals surface area contributed by atoms with Crippen LogP contribution in [0.3, 0.4) is 0 Å². The second kappa shape index (κ2) is 7.87. The van der Waals surface area contributed by atoms with E-state index in [4.69, 9.17) is 34.8 Å². The van der Waals surface area contributed by atoms with Gasteiger partial charge in [-0.3, -0.25) is 4.90 Å². The van der Waals surface area contributed by atoms with Gasteiger partial charge in [0.15, 0.2) is 0 Å². The van der Waals surface area contributed by atoms with Gasteiger partial charge < -0.3 is 5.32 Å². The van der Waals surface area contributed by atoms with Crippen LogP contribution in [0, 0.1) is 0 Å². The van der Waals surface area contributed by atoms with Crippen molar-refractivity contribution < 1.29 is 0 Å². The summed E-state index contributed by atoms with van der Waals surface area (Å²) in [5, 5.41) is 5.37. The highest BCUT2D eigenvalue weighted by molar-refractivity contribution is 6.42. The largest absolute Gasteiger partial charge is 0.315 e. The highest BCUT2D eigenvalue weighted by Crippen LogP contribution is 2.34. The highest BCUT2D eigenvalue weighted by Gasteiger charge is 2.24. The predicted molar refractivity (Wildman–Crippen MR) is 98.8 cm³/mol. The quantitative estimate of drug-likeness (QED) is 0.816. The van der Waals surface area contributed by atoms with Crippen molar-refractivity contribution in [3.05, 3.63) is 68.7 Å². The molecule has 2 nitrogen and oxygen atoms in total. The molecule has 0 aromatic heterocycles. The van der Waals surface area contributed by atoms with E-state index in [2.05, 4.69) is 22.3 Å². The summed E-state index contributed by atoms with van der Waals surface area (Å²) in [5.41, 5.74) is 2.32. The van der Waals surface area contributed by atoms with E-state index in [1.807, 2.05) is 30.3 Å². The van der Waals surface area contributed by atoms with E-state index in [1.165, 1.54) is 5.56 Å². The van der Waals surface area contributed by atoms with Crippen molar-refractivity contribution in [1.29, 1.82) is 0 Å². The SMILES string of the molecule is Clc1cccc(C(c2ccc(Cl)c(Cl)c2)N2CCCNCC2)c1. The van der Waals surface area contributed by atoms with E-state index in [0.29, 0.717) is 10.0 Å². The minimum absolute atomic E-state index is 0.128. The summed E-state index contributed by atoms with van der Waals surface area (Å²) in [4.78, 5) is 2.48. The Labute approximate surface area is 152 Å². The van der Waals surface area contributed by atoms with Crippen LogP contribution >= 0.6 is 34.8 Å². The average Bonchev–Trinajstić information content (AvgIpc) is 2.80. The maximum atomic E-state index is 6.26. The van der Waals surface area contributed by atoms with Gasteiger partial charge in [-0.1, -0.05) is 53.0 Å². The Hall–Kier alpha value is -0.770. The van der Waals surface area contributed by atoms with Crippen molar-refractivity contribution in [1.82, 2.24) is 10.2 Å². The molecular weight excluding hydrogens is 351 g/mol. The van der Waals surface area contributed by atoms with Crippen LogP contribution < -0.4 is 5.32 Å². The van der Waals surface area contributed by atoms with Gasteiger partial charge in [0.1, 0.15) is 0 Å². The molecule has 0 aliphatic carbocycles. The van der Waals surface area contributed by atoms with Gasteiger partial charge >= 0.3 is 0 Å². The number of benzene rings is 2. The first-order valence-electron chi connectivity index (χ1n) is 7.80. The molecule has 23 heavy (non-hydrogen) atoms. The predicted octanol–water partition coefficient (Wildman–Crippen LogP) is 5.03. The molecule has 1 aliphatic heterocycles. The van der Waals surface area contributed by atoms with Crippen molar-refractivity contribution in [3.8, 4) is 0 Å². The lowest BCUT2D eigenvalue weighted by Gasteiger charge is -2.31. The van der Waals surface area contributed by atoms with Crippen LogP contribution in [0.15, 0.2) is 42.5 Å². The van der Waals surface area contributed by atoms with Gasteiger partial charge in [0.25, 0.3) is 0 Å². The Morgan fingerprint density at radius 1 is 0.870 bits per heavy atom. The summed E-state index contributed by atoms with van der Waals surface area (Å²) < 4.78 is 0. The lowest BCUT2D eigenvalue weighted by atomic mass is 9.96. The Bertz CT molecular complexity index is 667. The zero-order valence-corrected chi connectivity index (χ0v) is 15.0. The van der Waals surface area contributed by atoms with Gasteiger partial charge in [-0.2, -0.15) is 0 Å². The number of halogens is 3. The van der Waals surface area contributed by atoms with Crippen molar-refractivity contribution in [3.63, 3.8) is 0 Å². The van der Waals surface area contributed by atoms with Crippen molar-refractivity contribution in [2.45, 2.75) is 12.5 Å². The fourth-order valence-electron chi connectivity index (χ4n) is 3.10. The zero-order chi connectivity index (χ0) is 16.2. The number of nitrogens with one attached hydrogen (secondary N) is 1. The summed E-state index contributed by atoms with van der Waals surface area (Å²) >= 11 is 18.6. The minimum Gasteiger partial charge on any atom is -0.315 e. The van der Waals surface area contributed by atoms with Gasteiger partial charge in [-0.25, -0.2) is 0 Å². The number of hydrogen-bond acceptors (Lipinski definition) is 2. The van der Waals surface area contributed by atoms with Gasteiger partial charge in [-0.15, -0.1) is 0 Å². The van der Waals surface area contributed by atoms with Crippen LogP contribution in [0.5, 0.6) is 0 Å². The Balaban J connectivity index is 2.03. The van der Waals surface area contributed by atoms with E-state index < -0.39 is 0 Å². The summed E-state index contributed by atoms with van der Waals surface area (Å²) in [6.07, 6.45) is 1.12. The molecule has 3 rings (SSSR count). The van der Waals surface area contributed by atoms with Gasteiger partial charge in [-0.05, 0) is 48.4 Å². The van der Waals surface area contributed by atoms with E-state index >= 15 is 0 Å². The molecule has 0 amide bonds. The second-order valence-electron chi connectivity index (χ2n) is 5.77.